The number of ether oxygens (including phenoxy) is 4. The molecule has 3 amide bonds. The number of fused-ring (bicyclic) bond motifs is 3. The van der Waals surface area contributed by atoms with E-state index in [2.05, 4.69) is 20.6 Å². The monoisotopic (exact) mass is 988 g/mol. The number of halogens is 3. The summed E-state index contributed by atoms with van der Waals surface area (Å²) in [6.45, 7) is 10.1. The number of aryl methyl sites for hydroxylation is 1. The Labute approximate surface area is 410 Å². The highest BCUT2D eigenvalue weighted by molar-refractivity contribution is 7.13. The average molecular weight is 989 g/mol. The largest absolute Gasteiger partial charge is 0.491 e. The van der Waals surface area contributed by atoms with Crippen molar-refractivity contribution >= 4 is 40.0 Å². The third-order valence-electron chi connectivity index (χ3n) is 13.3. The van der Waals surface area contributed by atoms with Gasteiger partial charge in [0.15, 0.2) is 0 Å². The number of likely N-dealkylation sites (tertiary alicyclic amines) is 1. The smallest absolute Gasteiger partial charge is 0.246 e. The molecule has 1 saturated heterocycles. The molecule has 0 unspecified atom stereocenters. The van der Waals surface area contributed by atoms with E-state index < -0.39 is 64.7 Å². The number of alkyl halides is 1. The molecule has 3 aliphatic rings. The number of aromatic amines is 1. The Morgan fingerprint density at radius 3 is 2.30 bits per heavy atom. The van der Waals surface area contributed by atoms with Crippen molar-refractivity contribution in [3.63, 3.8) is 0 Å². The number of carbonyl (C=O) groups is 3. The van der Waals surface area contributed by atoms with Crippen LogP contribution in [-0.2, 0) is 41.6 Å². The summed E-state index contributed by atoms with van der Waals surface area (Å²) in [5.74, 6) is -2.95. The van der Waals surface area contributed by atoms with E-state index in [-0.39, 0.29) is 89.7 Å². The molecular formula is C52H63F3N6O8S. The molecule has 5 atom stereocenters. The maximum absolute atomic E-state index is 16.0. The molecule has 1 saturated carbocycles. The molecule has 0 bridgehead atoms. The minimum absolute atomic E-state index is 0.00736. The van der Waals surface area contributed by atoms with Crippen LogP contribution < -0.4 is 15.4 Å². The number of thiazole rings is 1. The first-order valence-electron chi connectivity index (χ1n) is 23.9. The minimum Gasteiger partial charge on any atom is -0.491 e. The van der Waals surface area contributed by atoms with Gasteiger partial charge in [-0.3, -0.25) is 19.3 Å². The highest BCUT2D eigenvalue weighted by atomic mass is 32.1. The molecule has 2 fully saturated rings. The van der Waals surface area contributed by atoms with Crippen LogP contribution in [0.2, 0.25) is 0 Å². The van der Waals surface area contributed by atoms with Crippen LogP contribution in [0.15, 0.2) is 66.2 Å². The zero-order valence-electron chi connectivity index (χ0n) is 40.3. The van der Waals surface area contributed by atoms with Gasteiger partial charge in [0.05, 0.1) is 61.3 Å². The van der Waals surface area contributed by atoms with E-state index in [1.807, 2.05) is 67.3 Å². The highest BCUT2D eigenvalue weighted by Gasteiger charge is 2.49. The molecule has 1 aliphatic carbocycles. The van der Waals surface area contributed by atoms with Gasteiger partial charge in [0.2, 0.25) is 17.7 Å². The minimum atomic E-state index is -1.36. The Hall–Kier alpha value is -5.37. The summed E-state index contributed by atoms with van der Waals surface area (Å²) in [4.78, 5) is 52.4. The Morgan fingerprint density at radius 1 is 0.971 bits per heavy atom. The molecule has 0 radical (unpaired) electrons. The maximum Gasteiger partial charge on any atom is 0.246 e. The molecule has 4 N–H and O–H groups in total. The quantitative estimate of drug-likeness (QED) is 0.0565. The third kappa shape index (κ3) is 12.0. The number of nitrogens with one attached hydrogen (secondary N) is 3. The molecule has 8 rings (SSSR count). The van der Waals surface area contributed by atoms with Gasteiger partial charge >= 0.3 is 0 Å². The number of benzene rings is 3. The number of β-amino-alcohol motifs (C(OH)–C–C–N with tert-alkyl or cyclic N) is 1. The molecule has 376 valence electrons. The molecule has 18 heteroatoms. The first-order chi connectivity index (χ1) is 33.5. The lowest BCUT2D eigenvalue weighted by atomic mass is 9.85. The van der Waals surface area contributed by atoms with Crippen molar-refractivity contribution in [2.45, 2.75) is 103 Å². The fourth-order valence-corrected chi connectivity index (χ4v) is 10.2. The van der Waals surface area contributed by atoms with Crippen molar-refractivity contribution in [1.82, 2.24) is 30.4 Å². The summed E-state index contributed by atoms with van der Waals surface area (Å²) in [6.07, 6.45) is 0.666. The number of H-pyrrole nitrogens is 1. The van der Waals surface area contributed by atoms with E-state index in [1.54, 1.807) is 37.6 Å². The predicted octanol–water partition coefficient (Wildman–Crippen LogP) is 6.95. The van der Waals surface area contributed by atoms with Gasteiger partial charge in [-0.15, -0.1) is 11.3 Å². The number of aromatic nitrogens is 2. The number of aliphatic hydroxyl groups is 1. The summed E-state index contributed by atoms with van der Waals surface area (Å²) in [6, 6.07) is 15.0. The van der Waals surface area contributed by atoms with E-state index in [0.717, 1.165) is 50.3 Å². The summed E-state index contributed by atoms with van der Waals surface area (Å²) in [7, 11) is 0. The number of para-hydroxylation sites is 1. The second kappa shape index (κ2) is 22.0. The van der Waals surface area contributed by atoms with Crippen LogP contribution >= 0.6 is 11.3 Å². The average Bonchev–Trinajstić information content (AvgIpc) is 3.57. The molecule has 0 spiro atoms. The van der Waals surface area contributed by atoms with Gasteiger partial charge in [0, 0.05) is 66.4 Å². The SMILES string of the molecule is Cc1ncsc1-c1ccc(CNC(=O)[C@@H]2C[C@@H](O)CN2C(=O)[C@@H](NC(=O)COCCOCCOCCOc2cc(F)c([C@@H]3c4[nH]c5ccccc5c4C[C@@H](C)N3CC3(F)CC3)c(F)c2)C(C)(C)C)cc1. The molecule has 2 aliphatic heterocycles. The predicted molar refractivity (Wildman–Crippen MR) is 259 cm³/mol. The molecular weight excluding hydrogens is 926 g/mol. The van der Waals surface area contributed by atoms with Gasteiger partial charge in [-0.05, 0) is 61.3 Å². The number of nitrogens with zero attached hydrogens (tertiary/aromatic N) is 3. The van der Waals surface area contributed by atoms with Crippen molar-refractivity contribution < 1.29 is 51.6 Å². The summed E-state index contributed by atoms with van der Waals surface area (Å²) in [5.41, 5.74) is 4.95. The lowest BCUT2D eigenvalue weighted by Crippen LogP contribution is -2.58. The molecule has 70 heavy (non-hydrogen) atoms. The van der Waals surface area contributed by atoms with E-state index >= 15 is 13.2 Å². The van der Waals surface area contributed by atoms with Crippen molar-refractivity contribution in [2.24, 2.45) is 5.41 Å². The Kier molecular flexibility index (Phi) is 16.0. The lowest BCUT2D eigenvalue weighted by Gasteiger charge is -2.41. The van der Waals surface area contributed by atoms with Gasteiger partial charge in [0.1, 0.15) is 48.4 Å². The van der Waals surface area contributed by atoms with Crippen molar-refractivity contribution in [3.8, 4) is 16.2 Å². The van der Waals surface area contributed by atoms with Gasteiger partial charge in [-0.2, -0.15) is 0 Å². The van der Waals surface area contributed by atoms with E-state index in [1.165, 1.54) is 4.90 Å². The fraction of sp³-hybridized carbons (Fsp3) is 0.500. The number of carbonyl (C=O) groups excluding carboxylic acids is 3. The normalized spacial score (nSPS) is 20.3. The standard InChI is InChI=1S/C52H63F3N6O8S/c1-31-22-38-37-8-6-7-9-41(37)58-45(38)46(61(31)29-52(55)14-15-52)44-39(53)24-36(25-40(44)54)69-21-20-67-17-16-66-18-19-68-28-43(63)59-48(51(3,4)5)50(65)60-27-35(62)23-42(60)49(64)56-26-33-10-12-34(13-11-33)47-32(2)57-30-70-47/h6-13,24-25,30-31,35,42,46,48,58,62H,14-23,26-29H2,1-5H3,(H,56,64)(H,59,63)/t31-,35-,42+,46-,48-/m1/s1. The second-order valence-corrected chi connectivity index (χ2v) is 20.6. The van der Waals surface area contributed by atoms with E-state index in [0.29, 0.717) is 25.0 Å². The van der Waals surface area contributed by atoms with Crippen LogP contribution in [0.1, 0.15) is 81.1 Å². The first kappa shape index (κ1) is 51.0. The lowest BCUT2D eigenvalue weighted by molar-refractivity contribution is -0.144. The fourth-order valence-electron chi connectivity index (χ4n) is 9.40. The topological polar surface area (TPSA) is 168 Å². The maximum atomic E-state index is 16.0. The van der Waals surface area contributed by atoms with E-state index in [9.17, 15) is 19.5 Å². The Balaban J connectivity index is 0.736. The number of hydrogen-bond donors (Lipinski definition) is 4. The van der Waals surface area contributed by atoms with Gasteiger partial charge < -0.3 is 44.6 Å². The van der Waals surface area contributed by atoms with Crippen LogP contribution in [0.25, 0.3) is 21.3 Å². The van der Waals surface area contributed by atoms with Crippen LogP contribution in [0.4, 0.5) is 13.2 Å². The third-order valence-corrected chi connectivity index (χ3v) is 14.3. The highest BCUT2D eigenvalue weighted by Crippen LogP contribution is 2.48. The van der Waals surface area contributed by atoms with Gasteiger partial charge in [-0.25, -0.2) is 18.2 Å². The van der Waals surface area contributed by atoms with Crippen LogP contribution in [0, 0.1) is 24.0 Å². The Bertz CT molecular complexity index is 2610. The summed E-state index contributed by atoms with van der Waals surface area (Å²) < 4.78 is 69.6. The molecule has 5 aromatic rings. The van der Waals surface area contributed by atoms with E-state index in [4.69, 9.17) is 18.9 Å². The molecule has 2 aromatic heterocycles. The second-order valence-electron chi connectivity index (χ2n) is 19.7. The number of hydrogen-bond acceptors (Lipinski definition) is 11. The number of amides is 3. The first-order valence-corrected chi connectivity index (χ1v) is 24.8. The van der Waals surface area contributed by atoms with Crippen LogP contribution in [0.5, 0.6) is 5.75 Å². The molecule has 3 aromatic carbocycles. The van der Waals surface area contributed by atoms with Gasteiger partial charge in [-0.1, -0.05) is 63.2 Å². The van der Waals surface area contributed by atoms with Crippen molar-refractivity contribution in [2.75, 3.05) is 59.3 Å². The zero-order chi connectivity index (χ0) is 49.7. The Morgan fingerprint density at radius 2 is 1.64 bits per heavy atom. The van der Waals surface area contributed by atoms with Crippen molar-refractivity contribution in [1.29, 1.82) is 0 Å². The van der Waals surface area contributed by atoms with Crippen LogP contribution in [0.3, 0.4) is 0 Å². The van der Waals surface area contributed by atoms with Gasteiger partial charge in [0.25, 0.3) is 0 Å². The number of rotatable bonds is 21. The summed E-state index contributed by atoms with van der Waals surface area (Å²) in [5, 5.41) is 17.2. The number of aliphatic hydroxyl groups excluding tert-OH is 1. The van der Waals surface area contributed by atoms with Crippen molar-refractivity contribution in [3.05, 3.63) is 106 Å². The summed E-state index contributed by atoms with van der Waals surface area (Å²) >= 11 is 1.56. The van der Waals surface area contributed by atoms with Crippen LogP contribution in [-0.4, -0.2) is 132 Å². The molecule has 14 nitrogen and oxygen atoms in total. The zero-order valence-corrected chi connectivity index (χ0v) is 41.1. The molecule has 4 heterocycles.